The molecule has 31 heavy (non-hydrogen) atoms. The van der Waals surface area contributed by atoms with Gasteiger partial charge in [-0.1, -0.05) is 48.0 Å². The molecule has 0 unspecified atom stereocenters. The van der Waals surface area contributed by atoms with Crippen molar-refractivity contribution in [2.24, 2.45) is 4.99 Å². The van der Waals surface area contributed by atoms with E-state index < -0.39 is 0 Å². The molecule has 3 aromatic carbocycles. The maximum atomic E-state index is 11.8. The molecular formula is C24H18ClN3O2S. The molecule has 5 rings (SSSR count). The molecule has 1 aliphatic heterocycles. The molecular weight excluding hydrogens is 430 g/mol. The Morgan fingerprint density at radius 2 is 1.87 bits per heavy atom. The molecule has 0 saturated carbocycles. The second kappa shape index (κ2) is 8.41. The van der Waals surface area contributed by atoms with Crippen molar-refractivity contribution in [3.63, 3.8) is 0 Å². The number of hydrogen-bond donors (Lipinski definition) is 1. The summed E-state index contributed by atoms with van der Waals surface area (Å²) in [5.41, 5.74) is 4.51. The van der Waals surface area contributed by atoms with E-state index in [2.05, 4.69) is 15.3 Å². The number of rotatable bonds is 4. The van der Waals surface area contributed by atoms with E-state index in [0.29, 0.717) is 23.0 Å². The molecule has 0 saturated heterocycles. The van der Waals surface area contributed by atoms with E-state index in [1.54, 1.807) is 11.3 Å². The van der Waals surface area contributed by atoms with Crippen LogP contribution in [0, 0.1) is 0 Å². The molecule has 1 aliphatic rings. The highest BCUT2D eigenvalue weighted by atomic mass is 35.5. The van der Waals surface area contributed by atoms with Gasteiger partial charge in [0.05, 0.1) is 23.6 Å². The molecule has 4 aromatic rings. The molecule has 5 nitrogen and oxygen atoms in total. The zero-order chi connectivity index (χ0) is 21.2. The summed E-state index contributed by atoms with van der Waals surface area (Å²) in [5.74, 6) is 0.518. The van der Waals surface area contributed by atoms with Crippen molar-refractivity contribution in [2.75, 3.05) is 11.9 Å². The van der Waals surface area contributed by atoms with Crippen molar-refractivity contribution in [1.29, 1.82) is 0 Å². The van der Waals surface area contributed by atoms with Gasteiger partial charge in [0.15, 0.2) is 11.4 Å². The lowest BCUT2D eigenvalue weighted by Crippen LogP contribution is -2.25. The number of ether oxygens (including phenoxy) is 1. The number of hydrogen-bond acceptors (Lipinski definition) is 4. The number of carbonyl (C=O) groups excluding carboxylic acids is 1. The highest BCUT2D eigenvalue weighted by molar-refractivity contribution is 7.07. The first kappa shape index (κ1) is 19.6. The van der Waals surface area contributed by atoms with Crippen LogP contribution in [0.15, 0.2) is 83.2 Å². The van der Waals surface area contributed by atoms with E-state index in [-0.39, 0.29) is 12.5 Å². The van der Waals surface area contributed by atoms with E-state index >= 15 is 0 Å². The van der Waals surface area contributed by atoms with Crippen molar-refractivity contribution in [2.45, 2.75) is 6.54 Å². The van der Waals surface area contributed by atoms with Gasteiger partial charge < -0.3 is 14.6 Å². The van der Waals surface area contributed by atoms with Crippen molar-refractivity contribution < 1.29 is 9.53 Å². The molecule has 0 atom stereocenters. The third kappa shape index (κ3) is 4.13. The second-order valence-electron chi connectivity index (χ2n) is 7.08. The Labute approximate surface area is 188 Å². The summed E-state index contributed by atoms with van der Waals surface area (Å²) in [7, 11) is 0. The van der Waals surface area contributed by atoms with Gasteiger partial charge in [0, 0.05) is 16.0 Å². The summed E-state index contributed by atoms with van der Waals surface area (Å²) in [4.78, 5) is 17.5. The first-order chi connectivity index (χ1) is 15.2. The lowest BCUT2D eigenvalue weighted by Gasteiger charge is -2.19. The van der Waals surface area contributed by atoms with Crippen molar-refractivity contribution in [3.8, 4) is 17.0 Å². The topological polar surface area (TPSA) is 55.6 Å². The Kier molecular flexibility index (Phi) is 5.32. The number of benzene rings is 3. The average molecular weight is 448 g/mol. The van der Waals surface area contributed by atoms with Gasteiger partial charge in [-0.2, -0.15) is 0 Å². The molecule has 1 aromatic heterocycles. The standard InChI is InChI=1S/C24H18ClN3O2S/c25-19-9-5-4-6-17(19)13-28-21(15-31-24(28)26-18-7-2-1-3-8-18)16-10-11-22-20(12-16)27-23(29)14-30-22/h1-12,15H,13-14H2,(H,27,29). The Bertz CT molecular complexity index is 1330. The molecule has 0 fully saturated rings. The normalized spacial score (nSPS) is 13.5. The predicted octanol–water partition coefficient (Wildman–Crippen LogP) is 5.48. The van der Waals surface area contributed by atoms with E-state index in [0.717, 1.165) is 27.3 Å². The summed E-state index contributed by atoms with van der Waals surface area (Å²) >= 11 is 8.02. The van der Waals surface area contributed by atoms with Crippen LogP contribution in [0.1, 0.15) is 5.56 Å². The van der Waals surface area contributed by atoms with Crippen LogP contribution in [-0.2, 0) is 11.3 Å². The Hall–Kier alpha value is -3.35. The Balaban J connectivity index is 1.64. The zero-order valence-corrected chi connectivity index (χ0v) is 18.0. The fourth-order valence-corrected chi connectivity index (χ4v) is 4.58. The van der Waals surface area contributed by atoms with Gasteiger partial charge in [-0.15, -0.1) is 11.3 Å². The fourth-order valence-electron chi connectivity index (χ4n) is 3.45. The van der Waals surface area contributed by atoms with E-state index in [1.165, 1.54) is 0 Å². The van der Waals surface area contributed by atoms with Gasteiger partial charge in [0.1, 0.15) is 5.75 Å². The van der Waals surface area contributed by atoms with Gasteiger partial charge in [-0.05, 0) is 42.0 Å². The third-order valence-corrected chi connectivity index (χ3v) is 6.21. The van der Waals surface area contributed by atoms with E-state index in [1.807, 2.05) is 72.8 Å². The van der Waals surface area contributed by atoms with Crippen LogP contribution in [-0.4, -0.2) is 17.1 Å². The predicted molar refractivity (Wildman–Crippen MR) is 124 cm³/mol. The quantitative estimate of drug-likeness (QED) is 0.450. The number of carbonyl (C=O) groups is 1. The zero-order valence-electron chi connectivity index (χ0n) is 16.4. The van der Waals surface area contributed by atoms with Crippen LogP contribution < -0.4 is 14.9 Å². The number of nitrogens with one attached hydrogen (secondary N) is 1. The lowest BCUT2D eigenvalue weighted by molar-refractivity contribution is -0.118. The fraction of sp³-hybridized carbons (Fsp3) is 0.0833. The number of nitrogens with zero attached hydrogens (tertiary/aromatic N) is 2. The van der Waals surface area contributed by atoms with Crippen LogP contribution in [0.3, 0.4) is 0 Å². The summed E-state index contributed by atoms with van der Waals surface area (Å²) in [5, 5.41) is 5.67. The van der Waals surface area contributed by atoms with E-state index in [9.17, 15) is 4.79 Å². The van der Waals surface area contributed by atoms with Crippen LogP contribution in [0.2, 0.25) is 5.02 Å². The molecule has 0 radical (unpaired) electrons. The Morgan fingerprint density at radius 3 is 2.71 bits per heavy atom. The SMILES string of the molecule is O=C1COc2ccc(-c3csc(=Nc4ccccc4)n3Cc3ccccc3Cl)cc2N1. The first-order valence-corrected chi connectivity index (χ1v) is 11.0. The summed E-state index contributed by atoms with van der Waals surface area (Å²) in [6.45, 7) is 0.613. The third-order valence-electron chi connectivity index (χ3n) is 4.97. The van der Waals surface area contributed by atoms with Crippen molar-refractivity contribution >= 4 is 40.2 Å². The van der Waals surface area contributed by atoms with Gasteiger partial charge >= 0.3 is 0 Å². The number of halogens is 1. The molecule has 1 amide bonds. The summed E-state index contributed by atoms with van der Waals surface area (Å²) in [6.07, 6.45) is 0. The maximum Gasteiger partial charge on any atom is 0.262 e. The summed E-state index contributed by atoms with van der Waals surface area (Å²) in [6, 6.07) is 23.5. The van der Waals surface area contributed by atoms with Gasteiger partial charge in [0.25, 0.3) is 5.91 Å². The summed E-state index contributed by atoms with van der Waals surface area (Å²) < 4.78 is 7.65. The highest BCUT2D eigenvalue weighted by Crippen LogP contribution is 2.33. The molecule has 154 valence electrons. The maximum absolute atomic E-state index is 11.8. The van der Waals surface area contributed by atoms with Crippen molar-refractivity contribution in [1.82, 2.24) is 4.57 Å². The van der Waals surface area contributed by atoms with Gasteiger partial charge in [0.2, 0.25) is 0 Å². The highest BCUT2D eigenvalue weighted by Gasteiger charge is 2.18. The first-order valence-electron chi connectivity index (χ1n) is 9.76. The molecule has 0 spiro atoms. The molecule has 0 bridgehead atoms. The molecule has 0 aliphatic carbocycles. The Morgan fingerprint density at radius 1 is 1.06 bits per heavy atom. The molecule has 7 heteroatoms. The van der Waals surface area contributed by atoms with Crippen LogP contribution in [0.5, 0.6) is 5.75 Å². The smallest absolute Gasteiger partial charge is 0.262 e. The minimum atomic E-state index is -0.154. The van der Waals surface area contributed by atoms with Crippen molar-refractivity contribution in [3.05, 3.63) is 93.6 Å². The number of para-hydroxylation sites is 1. The van der Waals surface area contributed by atoms with Gasteiger partial charge in [-0.3, -0.25) is 4.79 Å². The minimum Gasteiger partial charge on any atom is -0.482 e. The van der Waals surface area contributed by atoms with Crippen LogP contribution in [0.4, 0.5) is 11.4 Å². The molecule has 1 N–H and O–H groups in total. The number of thiazole rings is 1. The monoisotopic (exact) mass is 447 g/mol. The second-order valence-corrected chi connectivity index (χ2v) is 8.32. The number of aromatic nitrogens is 1. The minimum absolute atomic E-state index is 0.0391. The molecule has 2 heterocycles. The van der Waals surface area contributed by atoms with E-state index in [4.69, 9.17) is 21.3 Å². The van der Waals surface area contributed by atoms with Crippen LogP contribution in [0.25, 0.3) is 11.3 Å². The number of fused-ring (bicyclic) bond motifs is 1. The number of amides is 1. The lowest BCUT2D eigenvalue weighted by atomic mass is 10.1. The van der Waals surface area contributed by atoms with Crippen LogP contribution >= 0.6 is 22.9 Å². The number of anilines is 1. The average Bonchev–Trinajstić information content (AvgIpc) is 3.17. The largest absolute Gasteiger partial charge is 0.482 e. The van der Waals surface area contributed by atoms with Gasteiger partial charge in [-0.25, -0.2) is 4.99 Å².